The van der Waals surface area contributed by atoms with Crippen LogP contribution < -0.4 is 10.1 Å². The molecule has 25 heavy (non-hydrogen) atoms. The first kappa shape index (κ1) is 17.9. The molecule has 1 N–H and O–H groups in total. The smallest absolute Gasteiger partial charge is 0.230 e. The van der Waals surface area contributed by atoms with Crippen LogP contribution in [0.2, 0.25) is 5.02 Å². The summed E-state index contributed by atoms with van der Waals surface area (Å²) in [5.74, 6) is 0.387. The standard InChI is InChI=1S/C18H14BrClN2O2S/c1-24-16-6-5-13(20)8-15(16)22-17(23)9-14-10-25-18(21-14)11-3-2-4-12(19)7-11/h2-8,10H,9H2,1H3,(H,22,23). The fraction of sp³-hybridized carbons (Fsp3) is 0.111. The Hall–Kier alpha value is -1.89. The average molecular weight is 438 g/mol. The van der Waals surface area contributed by atoms with Gasteiger partial charge in [0.1, 0.15) is 10.8 Å². The van der Waals surface area contributed by atoms with Crippen molar-refractivity contribution in [3.63, 3.8) is 0 Å². The lowest BCUT2D eigenvalue weighted by molar-refractivity contribution is -0.115. The van der Waals surface area contributed by atoms with Gasteiger partial charge in [-0.15, -0.1) is 11.3 Å². The molecule has 0 bridgehead atoms. The lowest BCUT2D eigenvalue weighted by Crippen LogP contribution is -2.15. The molecule has 0 saturated heterocycles. The van der Waals surface area contributed by atoms with Crippen LogP contribution in [0.25, 0.3) is 10.6 Å². The highest BCUT2D eigenvalue weighted by Gasteiger charge is 2.12. The van der Waals surface area contributed by atoms with Crippen LogP contribution in [-0.4, -0.2) is 18.0 Å². The van der Waals surface area contributed by atoms with Gasteiger partial charge >= 0.3 is 0 Å². The monoisotopic (exact) mass is 436 g/mol. The second-order valence-electron chi connectivity index (χ2n) is 5.22. The van der Waals surface area contributed by atoms with Crippen molar-refractivity contribution in [3.8, 4) is 16.3 Å². The van der Waals surface area contributed by atoms with Gasteiger partial charge in [-0.1, -0.05) is 39.7 Å². The Morgan fingerprint density at radius 1 is 1.32 bits per heavy atom. The van der Waals surface area contributed by atoms with Gasteiger partial charge in [0.25, 0.3) is 0 Å². The van der Waals surface area contributed by atoms with Gasteiger partial charge in [-0.3, -0.25) is 4.79 Å². The molecule has 2 aromatic carbocycles. The Morgan fingerprint density at radius 2 is 2.16 bits per heavy atom. The summed E-state index contributed by atoms with van der Waals surface area (Å²) in [6.45, 7) is 0. The van der Waals surface area contributed by atoms with E-state index in [9.17, 15) is 4.79 Å². The molecule has 0 radical (unpaired) electrons. The molecule has 0 aliphatic heterocycles. The quantitative estimate of drug-likeness (QED) is 0.580. The van der Waals surface area contributed by atoms with Gasteiger partial charge in [-0.2, -0.15) is 0 Å². The number of nitrogens with one attached hydrogen (secondary N) is 1. The minimum Gasteiger partial charge on any atom is -0.495 e. The van der Waals surface area contributed by atoms with Gasteiger partial charge in [0, 0.05) is 20.4 Å². The minimum atomic E-state index is -0.174. The minimum absolute atomic E-state index is 0.174. The van der Waals surface area contributed by atoms with E-state index < -0.39 is 0 Å². The fourth-order valence-electron chi connectivity index (χ4n) is 2.28. The Balaban J connectivity index is 1.71. The number of carbonyl (C=O) groups excluding carboxylic acids is 1. The van der Waals surface area contributed by atoms with Crippen LogP contribution in [0, 0.1) is 0 Å². The molecule has 0 aliphatic rings. The number of halogens is 2. The summed E-state index contributed by atoms with van der Waals surface area (Å²) >= 11 is 10.9. The maximum Gasteiger partial charge on any atom is 0.230 e. The SMILES string of the molecule is COc1ccc(Cl)cc1NC(=O)Cc1csc(-c2cccc(Br)c2)n1. The van der Waals surface area contributed by atoms with E-state index in [1.54, 1.807) is 25.3 Å². The van der Waals surface area contributed by atoms with E-state index in [1.165, 1.54) is 11.3 Å². The predicted octanol–water partition coefficient (Wildman–Crippen LogP) is 5.42. The number of methoxy groups -OCH3 is 1. The number of nitrogens with zero attached hydrogens (tertiary/aromatic N) is 1. The molecular formula is C18H14BrClN2O2S. The molecular weight excluding hydrogens is 424 g/mol. The van der Waals surface area contributed by atoms with Crippen molar-refractivity contribution in [2.75, 3.05) is 12.4 Å². The second-order valence-corrected chi connectivity index (χ2v) is 7.43. The van der Waals surface area contributed by atoms with Gasteiger partial charge in [0.15, 0.2) is 0 Å². The zero-order chi connectivity index (χ0) is 17.8. The molecule has 0 spiro atoms. The maximum absolute atomic E-state index is 12.3. The van der Waals surface area contributed by atoms with Crippen LogP contribution in [0.15, 0.2) is 52.3 Å². The molecule has 0 atom stereocenters. The molecule has 0 aliphatic carbocycles. The van der Waals surface area contributed by atoms with Crippen LogP contribution in [0.4, 0.5) is 5.69 Å². The molecule has 3 aromatic rings. The Labute approximate surface area is 162 Å². The molecule has 0 fully saturated rings. The van der Waals surface area contributed by atoms with Crippen molar-refractivity contribution >= 4 is 50.5 Å². The highest BCUT2D eigenvalue weighted by atomic mass is 79.9. The summed E-state index contributed by atoms with van der Waals surface area (Å²) in [5.41, 5.74) is 2.28. The Bertz CT molecular complexity index is 914. The van der Waals surface area contributed by atoms with Crippen molar-refractivity contribution in [2.45, 2.75) is 6.42 Å². The summed E-state index contributed by atoms with van der Waals surface area (Å²) in [4.78, 5) is 16.9. The van der Waals surface area contributed by atoms with Gasteiger partial charge in [-0.25, -0.2) is 4.98 Å². The highest BCUT2D eigenvalue weighted by Crippen LogP contribution is 2.29. The van der Waals surface area contributed by atoms with Crippen molar-refractivity contribution in [2.24, 2.45) is 0 Å². The number of rotatable bonds is 5. The summed E-state index contributed by atoms with van der Waals surface area (Å²) in [6, 6.07) is 13.0. The molecule has 7 heteroatoms. The van der Waals surface area contributed by atoms with Crippen LogP contribution in [0.3, 0.4) is 0 Å². The van der Waals surface area contributed by atoms with E-state index in [4.69, 9.17) is 16.3 Å². The van der Waals surface area contributed by atoms with Gasteiger partial charge in [0.2, 0.25) is 5.91 Å². The third-order valence-corrected chi connectivity index (χ3v) is 5.07. The van der Waals surface area contributed by atoms with Crippen LogP contribution in [-0.2, 0) is 11.2 Å². The van der Waals surface area contributed by atoms with Crippen LogP contribution >= 0.6 is 38.9 Å². The summed E-state index contributed by atoms with van der Waals surface area (Å²) < 4.78 is 6.23. The molecule has 3 rings (SSSR count). The molecule has 128 valence electrons. The van der Waals surface area contributed by atoms with Crippen LogP contribution in [0.1, 0.15) is 5.69 Å². The van der Waals surface area contributed by atoms with Gasteiger partial charge < -0.3 is 10.1 Å². The summed E-state index contributed by atoms with van der Waals surface area (Å²) in [5, 5.41) is 6.12. The number of benzene rings is 2. The first-order valence-corrected chi connectivity index (χ1v) is 9.44. The van der Waals surface area contributed by atoms with Crippen molar-refractivity contribution in [1.29, 1.82) is 0 Å². The third-order valence-electron chi connectivity index (χ3n) is 3.40. The maximum atomic E-state index is 12.3. The molecule has 0 unspecified atom stereocenters. The second kappa shape index (κ2) is 7.99. The number of aromatic nitrogens is 1. The third kappa shape index (κ3) is 4.60. The normalized spacial score (nSPS) is 10.5. The van der Waals surface area contributed by atoms with Crippen molar-refractivity contribution in [3.05, 3.63) is 63.0 Å². The largest absolute Gasteiger partial charge is 0.495 e. The number of carbonyl (C=O) groups is 1. The van der Waals surface area contributed by atoms with E-state index in [2.05, 4.69) is 26.2 Å². The van der Waals surface area contributed by atoms with Gasteiger partial charge in [-0.05, 0) is 30.3 Å². The number of anilines is 1. The predicted molar refractivity (Wildman–Crippen MR) is 106 cm³/mol. The van der Waals surface area contributed by atoms with Crippen molar-refractivity contribution in [1.82, 2.24) is 4.98 Å². The van der Waals surface area contributed by atoms with E-state index in [0.717, 1.165) is 20.7 Å². The zero-order valence-electron chi connectivity index (χ0n) is 13.3. The summed E-state index contributed by atoms with van der Waals surface area (Å²) in [6.07, 6.45) is 0.181. The molecule has 1 amide bonds. The number of hydrogen-bond acceptors (Lipinski definition) is 4. The Kier molecular flexibility index (Phi) is 5.73. The highest BCUT2D eigenvalue weighted by molar-refractivity contribution is 9.10. The van der Waals surface area contributed by atoms with E-state index in [1.807, 2.05) is 29.6 Å². The average Bonchev–Trinajstić information content (AvgIpc) is 3.03. The van der Waals surface area contributed by atoms with Crippen LogP contribution in [0.5, 0.6) is 5.75 Å². The molecule has 1 aromatic heterocycles. The molecule has 4 nitrogen and oxygen atoms in total. The van der Waals surface area contributed by atoms with E-state index in [-0.39, 0.29) is 12.3 Å². The topological polar surface area (TPSA) is 51.2 Å². The first-order chi connectivity index (χ1) is 12.0. The zero-order valence-corrected chi connectivity index (χ0v) is 16.4. The molecule has 0 saturated carbocycles. The first-order valence-electron chi connectivity index (χ1n) is 7.39. The lowest BCUT2D eigenvalue weighted by atomic mass is 10.2. The number of hydrogen-bond donors (Lipinski definition) is 1. The van der Waals surface area contributed by atoms with E-state index in [0.29, 0.717) is 16.5 Å². The Morgan fingerprint density at radius 3 is 2.92 bits per heavy atom. The van der Waals surface area contributed by atoms with Crippen molar-refractivity contribution < 1.29 is 9.53 Å². The number of ether oxygens (including phenoxy) is 1. The number of amides is 1. The molecule has 1 heterocycles. The fourth-order valence-corrected chi connectivity index (χ4v) is 3.67. The lowest BCUT2D eigenvalue weighted by Gasteiger charge is -2.10. The van der Waals surface area contributed by atoms with Gasteiger partial charge in [0.05, 0.1) is 24.9 Å². The summed E-state index contributed by atoms with van der Waals surface area (Å²) in [7, 11) is 1.55. The number of thiazole rings is 1. The van der Waals surface area contributed by atoms with E-state index >= 15 is 0 Å².